The number of rotatable bonds is 9. The zero-order valence-electron chi connectivity index (χ0n) is 33.5. The fourth-order valence-corrected chi connectivity index (χ4v) is 10.3. The van der Waals surface area contributed by atoms with Crippen LogP contribution in [0.1, 0.15) is 85.2 Å². The molecule has 0 bridgehead atoms. The molecule has 5 aliphatic rings. The number of hydrogen-bond donors (Lipinski definition) is 2. The van der Waals surface area contributed by atoms with Crippen LogP contribution in [-0.4, -0.2) is 107 Å². The molecular formula is C43H50ClN9O5. The Labute approximate surface area is 343 Å². The van der Waals surface area contributed by atoms with E-state index < -0.39 is 11.9 Å². The summed E-state index contributed by atoms with van der Waals surface area (Å²) in [6.07, 6.45) is 5.71. The Hall–Kier alpha value is -5.26. The maximum atomic E-state index is 13.4. The number of piperazine rings is 1. The second-order valence-corrected chi connectivity index (χ2v) is 17.9. The number of nitrogens with zero attached hydrogens (tertiary/aromatic N) is 7. The average Bonchev–Trinajstić information content (AvgIpc) is 3.54. The quantitative estimate of drug-likeness (QED) is 0.295. The smallest absolute Gasteiger partial charge is 0.255 e. The summed E-state index contributed by atoms with van der Waals surface area (Å²) in [6, 6.07) is 12.3. The van der Waals surface area contributed by atoms with E-state index in [0.717, 1.165) is 69.9 Å². The topological polar surface area (TPSA) is 164 Å². The van der Waals surface area contributed by atoms with Crippen LogP contribution >= 0.6 is 11.6 Å². The lowest BCUT2D eigenvalue weighted by molar-refractivity contribution is -0.164. The van der Waals surface area contributed by atoms with Crippen molar-refractivity contribution < 1.29 is 23.9 Å². The van der Waals surface area contributed by atoms with Gasteiger partial charge in [-0.25, -0.2) is 9.97 Å². The minimum atomic E-state index is -0.609. The molecule has 4 aliphatic heterocycles. The molecule has 1 atom stereocenters. The molecule has 58 heavy (non-hydrogen) atoms. The van der Waals surface area contributed by atoms with E-state index in [9.17, 15) is 24.4 Å². The highest BCUT2D eigenvalue weighted by Gasteiger charge is 2.64. The van der Waals surface area contributed by atoms with Gasteiger partial charge >= 0.3 is 0 Å². The third-order valence-corrected chi connectivity index (χ3v) is 13.3. The number of anilines is 2. The number of benzene rings is 2. The van der Waals surface area contributed by atoms with Gasteiger partial charge in [0.1, 0.15) is 24.0 Å². The maximum Gasteiger partial charge on any atom is 0.255 e. The molecule has 0 radical (unpaired) electrons. The number of piperidine rings is 2. The van der Waals surface area contributed by atoms with Crippen molar-refractivity contribution in [2.45, 2.75) is 78.1 Å². The highest BCUT2D eigenvalue weighted by atomic mass is 35.5. The van der Waals surface area contributed by atoms with E-state index in [-0.39, 0.29) is 47.1 Å². The number of nitrogens with one attached hydrogen (secondary N) is 2. The summed E-state index contributed by atoms with van der Waals surface area (Å²) in [5.74, 6) is 0.755. The van der Waals surface area contributed by atoms with Crippen molar-refractivity contribution in [3.63, 3.8) is 0 Å². The third-order valence-electron chi connectivity index (χ3n) is 13.0. The predicted octanol–water partition coefficient (Wildman–Crippen LogP) is 4.41. The summed E-state index contributed by atoms with van der Waals surface area (Å²) in [4.78, 5) is 68.6. The highest BCUT2D eigenvalue weighted by Crippen LogP contribution is 2.55. The molecule has 14 nitrogen and oxygen atoms in total. The van der Waals surface area contributed by atoms with E-state index in [1.165, 1.54) is 0 Å². The third kappa shape index (κ3) is 7.46. The Kier molecular flexibility index (Phi) is 10.6. The molecule has 304 valence electrons. The number of fused-ring (bicyclic) bond motifs is 1. The first kappa shape index (κ1) is 39.6. The van der Waals surface area contributed by atoms with Gasteiger partial charge in [-0.1, -0.05) is 39.3 Å². The molecule has 1 saturated carbocycles. The van der Waals surface area contributed by atoms with Crippen LogP contribution in [0.4, 0.5) is 11.6 Å². The first-order valence-electron chi connectivity index (χ1n) is 20.2. The Bertz CT molecular complexity index is 2140. The molecule has 1 unspecified atom stereocenters. The van der Waals surface area contributed by atoms with Gasteiger partial charge in [-0.15, -0.1) is 0 Å². The molecular weight excluding hydrogens is 758 g/mol. The van der Waals surface area contributed by atoms with E-state index in [1.54, 1.807) is 35.5 Å². The van der Waals surface area contributed by atoms with Crippen molar-refractivity contribution in [1.82, 2.24) is 30.4 Å². The Balaban J connectivity index is 0.781. The molecule has 4 fully saturated rings. The minimum Gasteiger partial charge on any atom is -0.489 e. The van der Waals surface area contributed by atoms with Crippen LogP contribution in [0.5, 0.6) is 5.75 Å². The van der Waals surface area contributed by atoms with Gasteiger partial charge in [0.2, 0.25) is 17.8 Å². The van der Waals surface area contributed by atoms with Crippen LogP contribution in [0.3, 0.4) is 0 Å². The summed E-state index contributed by atoms with van der Waals surface area (Å²) in [5.41, 5.74) is 2.70. The van der Waals surface area contributed by atoms with E-state index in [1.807, 2.05) is 12.1 Å². The summed E-state index contributed by atoms with van der Waals surface area (Å²) >= 11 is 6.24. The summed E-state index contributed by atoms with van der Waals surface area (Å²) in [6.45, 7) is 15.1. The number of halogens is 1. The Morgan fingerprint density at radius 2 is 1.66 bits per heavy atom. The van der Waals surface area contributed by atoms with E-state index in [0.29, 0.717) is 52.3 Å². The van der Waals surface area contributed by atoms with E-state index in [2.05, 4.69) is 75.1 Å². The SMILES string of the molecule is CC1(C)[C@H](NC(=O)c2cnc(N3CCC(CN4CCN(c5ccc6c(c5)CN(C5CCC(=O)NC5=O)C6=O)CC4)CC3)nc2)C(C)(C)[C@H]1Oc1ccc(C#N)c(Cl)c1. The molecule has 5 heterocycles. The largest absolute Gasteiger partial charge is 0.489 e. The molecule has 2 N–H and O–H groups in total. The number of nitriles is 1. The maximum absolute atomic E-state index is 13.4. The van der Waals surface area contributed by atoms with Gasteiger partial charge in [0.15, 0.2) is 0 Å². The van der Waals surface area contributed by atoms with E-state index in [4.69, 9.17) is 16.3 Å². The minimum absolute atomic E-state index is 0.147. The normalized spacial score (nSPS) is 24.4. The van der Waals surface area contributed by atoms with Gasteiger partial charge in [-0.2, -0.15) is 5.26 Å². The lowest BCUT2D eigenvalue weighted by Crippen LogP contribution is -2.74. The highest BCUT2D eigenvalue weighted by molar-refractivity contribution is 6.31. The summed E-state index contributed by atoms with van der Waals surface area (Å²) < 4.78 is 6.36. The average molecular weight is 808 g/mol. The molecule has 0 spiro atoms. The van der Waals surface area contributed by atoms with Crippen LogP contribution in [0.25, 0.3) is 0 Å². The molecule has 1 aromatic heterocycles. The summed E-state index contributed by atoms with van der Waals surface area (Å²) in [5, 5.41) is 15.1. The first-order chi connectivity index (χ1) is 27.7. The number of carbonyl (C=O) groups excluding carboxylic acids is 4. The molecule has 2 aromatic carbocycles. The Morgan fingerprint density at radius 3 is 2.31 bits per heavy atom. The number of ether oxygens (including phenoxy) is 1. The predicted molar refractivity (Wildman–Crippen MR) is 218 cm³/mol. The molecule has 3 aromatic rings. The monoisotopic (exact) mass is 807 g/mol. The lowest BCUT2D eigenvalue weighted by Gasteiger charge is -2.63. The Morgan fingerprint density at radius 1 is 0.948 bits per heavy atom. The molecule has 3 saturated heterocycles. The van der Waals surface area contributed by atoms with Crippen LogP contribution in [0.2, 0.25) is 5.02 Å². The first-order valence-corrected chi connectivity index (χ1v) is 20.6. The second-order valence-electron chi connectivity index (χ2n) is 17.5. The van der Waals surface area contributed by atoms with Crippen molar-refractivity contribution in [3.05, 3.63) is 76.1 Å². The van der Waals surface area contributed by atoms with E-state index >= 15 is 0 Å². The lowest BCUT2D eigenvalue weighted by atomic mass is 9.49. The van der Waals surface area contributed by atoms with Gasteiger partial charge in [0, 0.05) is 105 Å². The number of carbonyl (C=O) groups is 4. The van der Waals surface area contributed by atoms with Crippen molar-refractivity contribution >= 4 is 46.9 Å². The number of hydrogen-bond acceptors (Lipinski definition) is 11. The zero-order chi connectivity index (χ0) is 40.9. The summed E-state index contributed by atoms with van der Waals surface area (Å²) in [7, 11) is 0. The fraction of sp³-hybridized carbons (Fsp3) is 0.512. The van der Waals surface area contributed by atoms with Crippen molar-refractivity contribution in [3.8, 4) is 11.8 Å². The van der Waals surface area contributed by atoms with Crippen LogP contribution in [-0.2, 0) is 16.1 Å². The van der Waals surface area contributed by atoms with Gasteiger partial charge < -0.3 is 24.8 Å². The van der Waals surface area contributed by atoms with Crippen molar-refractivity contribution in [1.29, 1.82) is 5.26 Å². The number of aromatic nitrogens is 2. The molecule has 4 amide bonds. The van der Waals surface area contributed by atoms with Crippen molar-refractivity contribution in [2.75, 3.05) is 55.6 Å². The van der Waals surface area contributed by atoms with Crippen molar-refractivity contribution in [2.24, 2.45) is 16.7 Å². The van der Waals surface area contributed by atoms with Crippen LogP contribution in [0, 0.1) is 28.1 Å². The van der Waals surface area contributed by atoms with Gasteiger partial charge in [-0.05, 0) is 61.1 Å². The van der Waals surface area contributed by atoms with Crippen LogP contribution < -0.4 is 25.2 Å². The second kappa shape index (κ2) is 15.5. The molecule has 8 rings (SSSR count). The standard InChI is InChI=1S/C43H50ClN9O5/c1-42(2)39(43(3,4)40(42)58-31-7-5-27(21-45)33(44)20-31)49-36(55)29-22-46-41(47-23-29)52-13-11-26(12-14-52)24-50-15-17-51(18-16-50)30-6-8-32-28(19-30)25-53(38(32)57)34-9-10-35(54)48-37(34)56/h5-8,19-20,22-23,26,34,39-40H,9-18,24-25H2,1-4H3,(H,49,55)(H,48,54,56)/t34?,39-,40-. The number of imide groups is 1. The fourth-order valence-electron chi connectivity index (χ4n) is 10.0. The number of amides is 4. The molecule has 15 heteroatoms. The van der Waals surface area contributed by atoms with Gasteiger partial charge in [0.05, 0.1) is 16.1 Å². The van der Waals surface area contributed by atoms with Gasteiger partial charge in [-0.3, -0.25) is 29.4 Å². The van der Waals surface area contributed by atoms with Crippen LogP contribution in [0.15, 0.2) is 48.8 Å². The molecule has 1 aliphatic carbocycles. The van der Waals surface area contributed by atoms with Gasteiger partial charge in [0.25, 0.3) is 11.8 Å². The zero-order valence-corrected chi connectivity index (χ0v) is 34.2.